The Kier molecular flexibility index (Phi) is 6.85. The lowest BCUT2D eigenvalue weighted by Crippen LogP contribution is -2.22. The Hall–Kier alpha value is -1.23. The van der Waals surface area contributed by atoms with Crippen LogP contribution < -0.4 is 4.74 Å². The maximum absolute atomic E-state index is 12.0. The third-order valence-electron chi connectivity index (χ3n) is 2.74. The molecule has 0 spiro atoms. The van der Waals surface area contributed by atoms with Crippen molar-refractivity contribution in [1.82, 2.24) is 0 Å². The van der Waals surface area contributed by atoms with Gasteiger partial charge >= 0.3 is 6.18 Å². The molecule has 0 saturated carbocycles. The molecule has 20 heavy (non-hydrogen) atoms. The molecule has 0 saturated heterocycles. The van der Waals surface area contributed by atoms with Crippen LogP contribution in [0.1, 0.15) is 32.3 Å². The van der Waals surface area contributed by atoms with Crippen LogP contribution in [-0.4, -0.2) is 25.5 Å². The standard InChI is InChI=1S/C15H21F3O2/c1-3-4-9-19-14-7-5-13(6-8-14)10-12(2)20-11-15(16,17)18/h5-8,12H,3-4,9-11H2,1-2H3. The van der Waals surface area contributed by atoms with Gasteiger partial charge in [0.2, 0.25) is 0 Å². The van der Waals surface area contributed by atoms with Crippen LogP contribution in [0.2, 0.25) is 0 Å². The fourth-order valence-corrected chi connectivity index (χ4v) is 1.68. The lowest BCUT2D eigenvalue weighted by Gasteiger charge is -2.15. The maximum Gasteiger partial charge on any atom is 0.411 e. The van der Waals surface area contributed by atoms with E-state index < -0.39 is 18.9 Å². The first kappa shape index (κ1) is 16.8. The molecular weight excluding hydrogens is 269 g/mol. The van der Waals surface area contributed by atoms with Crippen LogP contribution in [0.5, 0.6) is 5.75 Å². The average molecular weight is 290 g/mol. The zero-order chi connectivity index (χ0) is 15.0. The van der Waals surface area contributed by atoms with Gasteiger partial charge in [0.1, 0.15) is 12.4 Å². The molecule has 5 heteroatoms. The van der Waals surface area contributed by atoms with Gasteiger partial charge in [-0.1, -0.05) is 25.5 Å². The molecule has 0 heterocycles. The van der Waals surface area contributed by atoms with Crippen molar-refractivity contribution < 1.29 is 22.6 Å². The summed E-state index contributed by atoms with van der Waals surface area (Å²) in [6.07, 6.45) is -2.21. The highest BCUT2D eigenvalue weighted by Gasteiger charge is 2.28. The summed E-state index contributed by atoms with van der Waals surface area (Å²) in [7, 11) is 0. The Balaban J connectivity index is 2.36. The Morgan fingerprint density at radius 2 is 1.80 bits per heavy atom. The lowest BCUT2D eigenvalue weighted by atomic mass is 10.1. The number of alkyl halides is 3. The first-order valence-electron chi connectivity index (χ1n) is 6.81. The van der Waals surface area contributed by atoms with Crippen molar-refractivity contribution in [2.45, 2.75) is 45.4 Å². The summed E-state index contributed by atoms with van der Waals surface area (Å²) in [5.41, 5.74) is 0.933. The molecule has 0 aliphatic carbocycles. The minimum atomic E-state index is -4.27. The van der Waals surface area contributed by atoms with Crippen LogP contribution in [0.3, 0.4) is 0 Å². The van der Waals surface area contributed by atoms with Crippen LogP contribution in [0.4, 0.5) is 13.2 Å². The molecule has 1 aromatic rings. The van der Waals surface area contributed by atoms with Crippen molar-refractivity contribution in [1.29, 1.82) is 0 Å². The van der Waals surface area contributed by atoms with E-state index >= 15 is 0 Å². The molecule has 0 N–H and O–H groups in total. The van der Waals surface area contributed by atoms with Crippen LogP contribution >= 0.6 is 0 Å². The predicted octanol–water partition coefficient (Wildman–Crippen LogP) is 4.38. The van der Waals surface area contributed by atoms with Crippen molar-refractivity contribution in [3.05, 3.63) is 29.8 Å². The topological polar surface area (TPSA) is 18.5 Å². The van der Waals surface area contributed by atoms with E-state index in [0.717, 1.165) is 24.2 Å². The molecule has 1 rings (SSSR count). The zero-order valence-corrected chi connectivity index (χ0v) is 11.9. The predicted molar refractivity (Wildman–Crippen MR) is 72.0 cm³/mol. The van der Waals surface area contributed by atoms with Gasteiger partial charge in [0.25, 0.3) is 0 Å². The van der Waals surface area contributed by atoms with Gasteiger partial charge in [0.05, 0.1) is 12.7 Å². The zero-order valence-electron chi connectivity index (χ0n) is 11.9. The number of rotatable bonds is 8. The van der Waals surface area contributed by atoms with Crippen LogP contribution in [0.25, 0.3) is 0 Å². The largest absolute Gasteiger partial charge is 0.494 e. The summed E-state index contributed by atoms with van der Waals surface area (Å²) in [6.45, 7) is 3.21. The first-order valence-corrected chi connectivity index (χ1v) is 6.81. The smallest absolute Gasteiger partial charge is 0.411 e. The summed E-state index contributed by atoms with van der Waals surface area (Å²) >= 11 is 0. The highest BCUT2D eigenvalue weighted by molar-refractivity contribution is 5.27. The molecule has 114 valence electrons. The normalized spacial score (nSPS) is 13.2. The fraction of sp³-hybridized carbons (Fsp3) is 0.600. The van der Waals surface area contributed by atoms with Crippen molar-refractivity contribution in [3.63, 3.8) is 0 Å². The van der Waals surface area contributed by atoms with Crippen molar-refractivity contribution in [2.24, 2.45) is 0 Å². The Morgan fingerprint density at radius 1 is 1.15 bits per heavy atom. The molecule has 0 aliphatic rings. The second-order valence-corrected chi connectivity index (χ2v) is 4.79. The SMILES string of the molecule is CCCCOc1ccc(CC(C)OCC(F)(F)F)cc1. The maximum atomic E-state index is 12.0. The molecule has 0 amide bonds. The number of halogens is 3. The van der Waals surface area contributed by atoms with Gasteiger partial charge in [-0.15, -0.1) is 0 Å². The van der Waals surface area contributed by atoms with E-state index in [1.54, 1.807) is 6.92 Å². The number of hydrogen-bond donors (Lipinski definition) is 0. The molecule has 0 fully saturated rings. The van der Waals surface area contributed by atoms with Crippen molar-refractivity contribution in [2.75, 3.05) is 13.2 Å². The van der Waals surface area contributed by atoms with E-state index in [1.165, 1.54) is 0 Å². The Bertz CT molecular complexity index is 374. The number of unbranched alkanes of at least 4 members (excludes halogenated alkanes) is 1. The summed E-state index contributed by atoms with van der Waals surface area (Å²) in [5, 5.41) is 0. The van der Waals surface area contributed by atoms with Gasteiger partial charge in [-0.25, -0.2) is 0 Å². The molecular formula is C15H21F3O2. The Morgan fingerprint density at radius 3 is 2.35 bits per heavy atom. The molecule has 0 aliphatic heterocycles. The van der Waals surface area contributed by atoms with E-state index in [-0.39, 0.29) is 0 Å². The third kappa shape index (κ3) is 7.38. The molecule has 0 bridgehead atoms. The van der Waals surface area contributed by atoms with Gasteiger partial charge in [0, 0.05) is 0 Å². The molecule has 2 nitrogen and oxygen atoms in total. The van der Waals surface area contributed by atoms with Crippen LogP contribution in [0.15, 0.2) is 24.3 Å². The molecule has 1 aromatic carbocycles. The minimum absolute atomic E-state index is 0.450. The summed E-state index contributed by atoms with van der Waals surface area (Å²) in [4.78, 5) is 0. The second kappa shape index (κ2) is 8.15. The number of benzene rings is 1. The quantitative estimate of drug-likeness (QED) is 0.662. The summed E-state index contributed by atoms with van der Waals surface area (Å²) in [6, 6.07) is 7.38. The molecule has 0 radical (unpaired) electrons. The summed E-state index contributed by atoms with van der Waals surface area (Å²) in [5.74, 6) is 0.783. The van der Waals surface area contributed by atoms with E-state index in [2.05, 4.69) is 6.92 Å². The van der Waals surface area contributed by atoms with E-state index in [9.17, 15) is 13.2 Å². The fourth-order valence-electron chi connectivity index (χ4n) is 1.68. The van der Waals surface area contributed by atoms with Crippen molar-refractivity contribution in [3.8, 4) is 5.75 Å². The molecule has 1 atom stereocenters. The van der Waals surface area contributed by atoms with Gasteiger partial charge in [-0.05, 0) is 37.5 Å². The average Bonchev–Trinajstić information content (AvgIpc) is 2.38. The highest BCUT2D eigenvalue weighted by Crippen LogP contribution is 2.18. The molecule has 1 unspecified atom stereocenters. The third-order valence-corrected chi connectivity index (χ3v) is 2.74. The minimum Gasteiger partial charge on any atom is -0.494 e. The van der Waals surface area contributed by atoms with Crippen LogP contribution in [-0.2, 0) is 11.2 Å². The van der Waals surface area contributed by atoms with Gasteiger partial charge in [0.15, 0.2) is 0 Å². The molecule has 0 aromatic heterocycles. The first-order chi connectivity index (χ1) is 9.40. The van der Waals surface area contributed by atoms with E-state index in [1.807, 2.05) is 24.3 Å². The van der Waals surface area contributed by atoms with Crippen molar-refractivity contribution >= 4 is 0 Å². The number of hydrogen-bond acceptors (Lipinski definition) is 2. The van der Waals surface area contributed by atoms with E-state index in [4.69, 9.17) is 9.47 Å². The lowest BCUT2D eigenvalue weighted by molar-refractivity contribution is -0.183. The van der Waals surface area contributed by atoms with Gasteiger partial charge in [-0.3, -0.25) is 0 Å². The summed E-state index contributed by atoms with van der Waals surface area (Å²) < 4.78 is 46.3. The van der Waals surface area contributed by atoms with E-state index in [0.29, 0.717) is 13.0 Å². The van der Waals surface area contributed by atoms with Gasteiger partial charge in [-0.2, -0.15) is 13.2 Å². The number of ether oxygens (including phenoxy) is 2. The Labute approximate surface area is 117 Å². The van der Waals surface area contributed by atoms with Gasteiger partial charge < -0.3 is 9.47 Å². The highest BCUT2D eigenvalue weighted by atomic mass is 19.4. The monoisotopic (exact) mass is 290 g/mol. The second-order valence-electron chi connectivity index (χ2n) is 4.79. The van der Waals surface area contributed by atoms with Crippen LogP contribution in [0, 0.1) is 0 Å².